The van der Waals surface area contributed by atoms with E-state index in [1.807, 2.05) is 11.9 Å². The van der Waals surface area contributed by atoms with Crippen LogP contribution in [0.1, 0.15) is 16.7 Å². The highest BCUT2D eigenvalue weighted by molar-refractivity contribution is 14.1. The Morgan fingerprint density at radius 3 is 2.53 bits per heavy atom. The maximum absolute atomic E-state index is 13.1. The summed E-state index contributed by atoms with van der Waals surface area (Å²) in [6.45, 7) is 1.27. The molecule has 1 aliphatic rings. The summed E-state index contributed by atoms with van der Waals surface area (Å²) < 4.78 is 49.3. The van der Waals surface area contributed by atoms with Crippen LogP contribution in [0.4, 0.5) is 13.2 Å². The summed E-state index contributed by atoms with van der Waals surface area (Å²) >= 11 is 1.46. The van der Waals surface area contributed by atoms with Gasteiger partial charge in [-0.15, -0.1) is 0 Å². The molecule has 0 aromatic heterocycles. The molecule has 7 heteroatoms. The largest absolute Gasteiger partial charge is 0.493 e. The lowest BCUT2D eigenvalue weighted by Gasteiger charge is -2.28. The second-order valence-electron chi connectivity index (χ2n) is 4.49. The maximum Gasteiger partial charge on any atom is 0.420 e. The standard InChI is InChI=1S/C12H13F3INO2/c1-17-4-3-8-7(6-17)5-9(12(13,14)15)11(19-16)10(8)18-2/h5H,3-4,6H2,1-2H3. The predicted octanol–water partition coefficient (Wildman–Crippen LogP) is 3.43. The van der Waals surface area contributed by atoms with Crippen molar-refractivity contribution in [3.63, 3.8) is 0 Å². The highest BCUT2D eigenvalue weighted by atomic mass is 127. The van der Waals surface area contributed by atoms with Crippen LogP contribution in [-0.2, 0) is 19.1 Å². The van der Waals surface area contributed by atoms with Crippen LogP contribution in [0.25, 0.3) is 0 Å². The van der Waals surface area contributed by atoms with Crippen LogP contribution < -0.4 is 7.80 Å². The van der Waals surface area contributed by atoms with E-state index in [1.54, 1.807) is 0 Å². The lowest BCUT2D eigenvalue weighted by molar-refractivity contribution is -0.138. The zero-order chi connectivity index (χ0) is 14.2. The number of alkyl halides is 3. The number of hydrogen-bond acceptors (Lipinski definition) is 3. The third-order valence-corrected chi connectivity index (χ3v) is 3.64. The molecule has 0 bridgehead atoms. The minimum absolute atomic E-state index is 0.201. The lowest BCUT2D eigenvalue weighted by atomic mass is 9.95. The van der Waals surface area contributed by atoms with E-state index >= 15 is 0 Å². The van der Waals surface area contributed by atoms with Crippen molar-refractivity contribution in [3.8, 4) is 11.5 Å². The van der Waals surface area contributed by atoms with Crippen molar-refractivity contribution in [3.05, 3.63) is 22.8 Å². The van der Waals surface area contributed by atoms with E-state index in [-0.39, 0.29) is 11.5 Å². The summed E-state index contributed by atoms with van der Waals surface area (Å²) in [5.74, 6) is -0.0359. The molecule has 2 rings (SSSR count). The fourth-order valence-electron chi connectivity index (χ4n) is 2.32. The molecular formula is C12H13F3INO2. The SMILES string of the molecule is COc1c2c(cc(C(F)(F)F)c1OI)CN(C)CC2. The fraction of sp³-hybridized carbons (Fsp3) is 0.500. The lowest BCUT2D eigenvalue weighted by Crippen LogP contribution is -2.27. The van der Waals surface area contributed by atoms with Gasteiger partial charge in [0.1, 0.15) is 5.56 Å². The highest BCUT2D eigenvalue weighted by Crippen LogP contribution is 2.46. The smallest absolute Gasteiger partial charge is 0.420 e. The van der Waals surface area contributed by atoms with Gasteiger partial charge >= 0.3 is 6.18 Å². The quantitative estimate of drug-likeness (QED) is 0.726. The van der Waals surface area contributed by atoms with Crippen molar-refractivity contribution < 1.29 is 21.0 Å². The highest BCUT2D eigenvalue weighted by Gasteiger charge is 2.38. The normalized spacial score (nSPS) is 16.1. The summed E-state index contributed by atoms with van der Waals surface area (Å²) in [6, 6.07) is 1.17. The Kier molecular flexibility index (Phi) is 4.14. The number of nitrogens with zero attached hydrogens (tertiary/aromatic N) is 1. The minimum atomic E-state index is -4.46. The molecule has 1 aromatic rings. The molecule has 1 aromatic carbocycles. The summed E-state index contributed by atoms with van der Waals surface area (Å²) in [4.78, 5) is 1.98. The van der Waals surface area contributed by atoms with Gasteiger partial charge < -0.3 is 12.7 Å². The average Bonchev–Trinajstić information content (AvgIpc) is 2.34. The van der Waals surface area contributed by atoms with Gasteiger partial charge in [-0.3, -0.25) is 0 Å². The first-order chi connectivity index (χ1) is 8.88. The van der Waals surface area contributed by atoms with Crippen LogP contribution in [0.5, 0.6) is 11.5 Å². The van der Waals surface area contributed by atoms with Gasteiger partial charge in [-0.05, 0) is 25.1 Å². The third-order valence-electron chi connectivity index (χ3n) is 3.20. The predicted molar refractivity (Wildman–Crippen MR) is 72.7 cm³/mol. The molecule has 0 saturated heterocycles. The Morgan fingerprint density at radius 2 is 2.00 bits per heavy atom. The number of fused-ring (bicyclic) bond motifs is 1. The first-order valence-electron chi connectivity index (χ1n) is 5.65. The van der Waals surface area contributed by atoms with E-state index in [0.717, 1.165) is 12.1 Å². The first kappa shape index (κ1) is 14.7. The zero-order valence-corrected chi connectivity index (χ0v) is 12.6. The number of halogens is 4. The summed E-state index contributed by atoms with van der Waals surface area (Å²) in [7, 11) is 3.25. The van der Waals surface area contributed by atoms with E-state index in [1.165, 1.54) is 36.2 Å². The summed E-state index contributed by atoms with van der Waals surface area (Å²) in [6.07, 6.45) is -3.81. The van der Waals surface area contributed by atoms with Crippen LogP contribution in [0.15, 0.2) is 6.07 Å². The molecule has 0 amide bonds. The molecule has 1 aliphatic heterocycles. The van der Waals surface area contributed by atoms with E-state index in [0.29, 0.717) is 18.5 Å². The van der Waals surface area contributed by atoms with Crippen LogP contribution in [-0.4, -0.2) is 25.6 Å². The molecule has 0 aliphatic carbocycles. The van der Waals surface area contributed by atoms with Crippen molar-refractivity contribution >= 4 is 23.0 Å². The van der Waals surface area contributed by atoms with Crippen LogP contribution in [0, 0.1) is 0 Å². The third kappa shape index (κ3) is 2.76. The van der Waals surface area contributed by atoms with Crippen molar-refractivity contribution in [1.82, 2.24) is 4.90 Å². The van der Waals surface area contributed by atoms with Crippen molar-refractivity contribution in [2.75, 3.05) is 20.7 Å². The molecule has 1 heterocycles. The van der Waals surface area contributed by atoms with Crippen LogP contribution in [0.3, 0.4) is 0 Å². The second-order valence-corrected chi connectivity index (χ2v) is 4.93. The van der Waals surface area contributed by atoms with Gasteiger partial charge in [0.05, 0.1) is 7.11 Å². The van der Waals surface area contributed by atoms with E-state index in [9.17, 15) is 13.2 Å². The number of ether oxygens (including phenoxy) is 1. The average molecular weight is 387 g/mol. The van der Waals surface area contributed by atoms with Gasteiger partial charge in [-0.25, -0.2) is 0 Å². The molecule has 0 saturated carbocycles. The molecule has 0 unspecified atom stereocenters. The fourth-order valence-corrected chi connectivity index (χ4v) is 2.76. The van der Waals surface area contributed by atoms with Crippen molar-refractivity contribution in [2.45, 2.75) is 19.1 Å². The molecule has 0 fully saturated rings. The Bertz CT molecular complexity index is 491. The van der Waals surface area contributed by atoms with Crippen LogP contribution in [0.2, 0.25) is 0 Å². The van der Waals surface area contributed by atoms with Gasteiger partial charge in [0, 0.05) is 18.7 Å². The minimum Gasteiger partial charge on any atom is -0.493 e. The number of benzene rings is 1. The molecule has 0 radical (unpaired) electrons. The van der Waals surface area contributed by atoms with E-state index < -0.39 is 11.7 Å². The Morgan fingerprint density at radius 1 is 1.32 bits per heavy atom. The van der Waals surface area contributed by atoms with Gasteiger partial charge in [0.25, 0.3) is 0 Å². The topological polar surface area (TPSA) is 21.7 Å². The zero-order valence-electron chi connectivity index (χ0n) is 10.5. The van der Waals surface area contributed by atoms with Gasteiger partial charge in [0.2, 0.25) is 0 Å². The van der Waals surface area contributed by atoms with Gasteiger partial charge in [0.15, 0.2) is 34.5 Å². The maximum atomic E-state index is 13.1. The monoisotopic (exact) mass is 387 g/mol. The molecule has 3 nitrogen and oxygen atoms in total. The molecule has 19 heavy (non-hydrogen) atoms. The second kappa shape index (κ2) is 5.35. The molecule has 0 N–H and O–H groups in total. The summed E-state index contributed by atoms with van der Waals surface area (Å²) in [5.41, 5.74) is 0.670. The molecule has 0 atom stereocenters. The number of hydrogen-bond donors (Lipinski definition) is 0. The molecule has 0 spiro atoms. The van der Waals surface area contributed by atoms with E-state index in [2.05, 4.69) is 0 Å². The van der Waals surface area contributed by atoms with Gasteiger partial charge in [-0.1, -0.05) is 0 Å². The van der Waals surface area contributed by atoms with Gasteiger partial charge in [-0.2, -0.15) is 13.2 Å². The molecule has 106 valence electrons. The Labute approximate surface area is 123 Å². The van der Waals surface area contributed by atoms with Crippen molar-refractivity contribution in [2.24, 2.45) is 0 Å². The number of likely N-dealkylation sites (N-methyl/N-ethyl adjacent to an activating group) is 1. The van der Waals surface area contributed by atoms with E-state index in [4.69, 9.17) is 7.80 Å². The first-order valence-corrected chi connectivity index (χ1v) is 6.53. The number of methoxy groups -OCH3 is 1. The Hall–Kier alpha value is -0.700. The van der Waals surface area contributed by atoms with Crippen LogP contribution >= 0.6 is 23.0 Å². The summed E-state index contributed by atoms with van der Waals surface area (Å²) in [5, 5.41) is 0. The number of rotatable bonds is 2. The molecular weight excluding hydrogens is 374 g/mol. The van der Waals surface area contributed by atoms with Crippen molar-refractivity contribution in [1.29, 1.82) is 0 Å². The Balaban J connectivity index is 2.66.